The van der Waals surface area contributed by atoms with Crippen molar-refractivity contribution in [1.29, 1.82) is 0 Å². The molecule has 0 radical (unpaired) electrons. The predicted molar refractivity (Wildman–Crippen MR) is 97.5 cm³/mol. The molecule has 4 N–H and O–H groups in total. The quantitative estimate of drug-likeness (QED) is 0.590. The lowest BCUT2D eigenvalue weighted by molar-refractivity contribution is 0.0664. The van der Waals surface area contributed by atoms with E-state index in [4.69, 9.17) is 15.3 Å². The number of nitrogens with one attached hydrogen (secondary N) is 1. The number of sulfonamides is 1. The maximum Gasteiger partial charge on any atom is 0.372 e. The number of rotatable bonds is 5. The SMILES string of the molecule is Cc1c(C(=O)O)oc2ccc(S(=O)(=O)NC(C)c3cccc(N)c3)cc12. The van der Waals surface area contributed by atoms with Crippen LogP contribution in [0, 0.1) is 6.92 Å². The number of carboxylic acids is 1. The fraction of sp³-hybridized carbons (Fsp3) is 0.167. The number of aromatic carboxylic acids is 1. The van der Waals surface area contributed by atoms with E-state index in [1.165, 1.54) is 18.2 Å². The lowest BCUT2D eigenvalue weighted by Crippen LogP contribution is -2.26. The molecular formula is C18H18N2O5S. The first-order valence-corrected chi connectivity index (χ1v) is 9.31. The number of carboxylic acid groups (broad SMARTS) is 1. The Kier molecular flexibility index (Phi) is 4.47. The van der Waals surface area contributed by atoms with Crippen molar-refractivity contribution < 1.29 is 22.7 Å². The first-order chi connectivity index (χ1) is 12.2. The minimum atomic E-state index is -3.82. The number of hydrogen-bond acceptors (Lipinski definition) is 5. The summed E-state index contributed by atoms with van der Waals surface area (Å²) < 4.78 is 33.3. The van der Waals surface area contributed by atoms with E-state index in [1.54, 1.807) is 38.1 Å². The van der Waals surface area contributed by atoms with E-state index in [9.17, 15) is 13.2 Å². The zero-order valence-corrected chi connectivity index (χ0v) is 15.0. The van der Waals surface area contributed by atoms with Gasteiger partial charge in [0.1, 0.15) is 5.58 Å². The van der Waals surface area contributed by atoms with Gasteiger partial charge in [-0.2, -0.15) is 0 Å². The Balaban J connectivity index is 1.96. The highest BCUT2D eigenvalue weighted by molar-refractivity contribution is 7.89. The van der Waals surface area contributed by atoms with Crippen LogP contribution >= 0.6 is 0 Å². The van der Waals surface area contributed by atoms with Crippen LogP contribution in [0.3, 0.4) is 0 Å². The van der Waals surface area contributed by atoms with Gasteiger partial charge in [0.25, 0.3) is 0 Å². The summed E-state index contributed by atoms with van der Waals surface area (Å²) in [5, 5.41) is 9.57. The molecule has 1 unspecified atom stereocenters. The molecule has 1 heterocycles. The Labute approximate surface area is 150 Å². The monoisotopic (exact) mass is 374 g/mol. The summed E-state index contributed by atoms with van der Waals surface area (Å²) >= 11 is 0. The van der Waals surface area contributed by atoms with Crippen molar-refractivity contribution in [2.75, 3.05) is 5.73 Å². The molecule has 7 nitrogen and oxygen atoms in total. The summed E-state index contributed by atoms with van der Waals surface area (Å²) in [7, 11) is -3.82. The molecule has 0 amide bonds. The van der Waals surface area contributed by atoms with Crippen LogP contribution in [-0.4, -0.2) is 19.5 Å². The van der Waals surface area contributed by atoms with Crippen molar-refractivity contribution >= 4 is 32.6 Å². The Bertz CT molecular complexity index is 1100. The molecule has 0 spiro atoms. The van der Waals surface area contributed by atoms with E-state index in [0.717, 1.165) is 5.56 Å². The highest BCUT2D eigenvalue weighted by Gasteiger charge is 2.22. The smallest absolute Gasteiger partial charge is 0.372 e. The molecule has 0 aliphatic heterocycles. The molecule has 3 aromatic rings. The summed E-state index contributed by atoms with van der Waals surface area (Å²) in [6.45, 7) is 3.30. The third-order valence-corrected chi connectivity index (χ3v) is 5.69. The van der Waals surface area contributed by atoms with E-state index in [1.807, 2.05) is 0 Å². The maximum atomic E-state index is 12.7. The average Bonchev–Trinajstić information content (AvgIpc) is 2.91. The molecular weight excluding hydrogens is 356 g/mol. The van der Waals surface area contributed by atoms with Gasteiger partial charge in [0.05, 0.1) is 4.90 Å². The molecule has 1 aromatic heterocycles. The van der Waals surface area contributed by atoms with Crippen molar-refractivity contribution in [3.05, 3.63) is 59.4 Å². The van der Waals surface area contributed by atoms with E-state index in [2.05, 4.69) is 4.72 Å². The summed E-state index contributed by atoms with van der Waals surface area (Å²) in [6, 6.07) is 10.7. The van der Waals surface area contributed by atoms with Crippen LogP contribution in [0.25, 0.3) is 11.0 Å². The van der Waals surface area contributed by atoms with Crippen molar-refractivity contribution in [2.24, 2.45) is 0 Å². The molecule has 2 aromatic carbocycles. The van der Waals surface area contributed by atoms with Crippen LogP contribution in [0.1, 0.15) is 34.6 Å². The first kappa shape index (κ1) is 18.0. The van der Waals surface area contributed by atoms with Crippen LogP contribution in [0.2, 0.25) is 0 Å². The first-order valence-electron chi connectivity index (χ1n) is 7.83. The van der Waals surface area contributed by atoms with Gasteiger partial charge >= 0.3 is 5.97 Å². The molecule has 0 bridgehead atoms. The van der Waals surface area contributed by atoms with Crippen LogP contribution in [0.5, 0.6) is 0 Å². The summed E-state index contributed by atoms with van der Waals surface area (Å²) in [6.07, 6.45) is 0. The van der Waals surface area contributed by atoms with Gasteiger partial charge in [-0.1, -0.05) is 12.1 Å². The van der Waals surface area contributed by atoms with Crippen LogP contribution in [0.4, 0.5) is 5.69 Å². The number of benzene rings is 2. The van der Waals surface area contributed by atoms with Crippen LogP contribution < -0.4 is 10.5 Å². The van der Waals surface area contributed by atoms with Crippen LogP contribution in [-0.2, 0) is 10.0 Å². The average molecular weight is 374 g/mol. The maximum absolute atomic E-state index is 12.7. The third-order valence-electron chi connectivity index (χ3n) is 4.15. The second-order valence-corrected chi connectivity index (χ2v) is 7.75. The van der Waals surface area contributed by atoms with Crippen molar-refractivity contribution in [1.82, 2.24) is 4.72 Å². The van der Waals surface area contributed by atoms with Gasteiger partial charge in [0.2, 0.25) is 15.8 Å². The molecule has 136 valence electrons. The van der Waals surface area contributed by atoms with Crippen molar-refractivity contribution in [3.8, 4) is 0 Å². The molecule has 0 fully saturated rings. The second-order valence-electron chi connectivity index (χ2n) is 6.03. The Morgan fingerprint density at radius 3 is 2.62 bits per heavy atom. The minimum Gasteiger partial charge on any atom is -0.475 e. The zero-order valence-electron chi connectivity index (χ0n) is 14.2. The number of furan rings is 1. The molecule has 1 atom stereocenters. The Morgan fingerprint density at radius 1 is 1.23 bits per heavy atom. The summed E-state index contributed by atoms with van der Waals surface area (Å²) in [5.41, 5.74) is 7.73. The standard InChI is InChI=1S/C18H18N2O5S/c1-10-15-9-14(6-7-16(15)25-17(10)18(21)22)26(23,24)20-11(2)12-4-3-5-13(19)8-12/h3-9,11,20H,19H2,1-2H3,(H,21,22). The number of nitrogen functional groups attached to an aromatic ring is 1. The van der Waals surface area contributed by atoms with Gasteiger partial charge < -0.3 is 15.3 Å². The van der Waals surface area contributed by atoms with Gasteiger partial charge in [0.15, 0.2) is 0 Å². The van der Waals surface area contributed by atoms with E-state index < -0.39 is 22.0 Å². The molecule has 3 rings (SSSR count). The fourth-order valence-corrected chi connectivity index (χ4v) is 4.03. The zero-order chi connectivity index (χ0) is 19.1. The number of fused-ring (bicyclic) bond motifs is 1. The van der Waals surface area contributed by atoms with Gasteiger partial charge in [-0.3, -0.25) is 0 Å². The van der Waals surface area contributed by atoms with E-state index >= 15 is 0 Å². The van der Waals surface area contributed by atoms with E-state index in [0.29, 0.717) is 22.2 Å². The Morgan fingerprint density at radius 2 is 1.96 bits per heavy atom. The van der Waals surface area contributed by atoms with Gasteiger partial charge in [0, 0.05) is 22.7 Å². The molecule has 0 aliphatic carbocycles. The second kappa shape index (κ2) is 6.47. The van der Waals surface area contributed by atoms with Gasteiger partial charge in [-0.25, -0.2) is 17.9 Å². The third kappa shape index (κ3) is 3.29. The van der Waals surface area contributed by atoms with Gasteiger partial charge in [-0.15, -0.1) is 0 Å². The lowest BCUT2D eigenvalue weighted by Gasteiger charge is -2.15. The van der Waals surface area contributed by atoms with Gasteiger partial charge in [-0.05, 0) is 49.7 Å². The molecule has 0 saturated carbocycles. The fourth-order valence-electron chi connectivity index (χ4n) is 2.77. The van der Waals surface area contributed by atoms with Crippen LogP contribution in [0.15, 0.2) is 51.8 Å². The number of nitrogens with two attached hydrogens (primary N) is 1. The summed E-state index contributed by atoms with van der Waals surface area (Å²) in [5.74, 6) is -1.40. The largest absolute Gasteiger partial charge is 0.475 e. The van der Waals surface area contributed by atoms with Crippen molar-refractivity contribution in [2.45, 2.75) is 24.8 Å². The highest BCUT2D eigenvalue weighted by Crippen LogP contribution is 2.28. The molecule has 0 saturated heterocycles. The highest BCUT2D eigenvalue weighted by atomic mass is 32.2. The molecule has 26 heavy (non-hydrogen) atoms. The van der Waals surface area contributed by atoms with E-state index in [-0.39, 0.29) is 10.7 Å². The number of aryl methyl sites for hydroxylation is 1. The topological polar surface area (TPSA) is 123 Å². The molecule has 8 heteroatoms. The predicted octanol–water partition coefficient (Wildman–Crippen LogP) is 3.06. The number of anilines is 1. The number of hydrogen-bond donors (Lipinski definition) is 3. The normalized spacial score (nSPS) is 13.0. The minimum absolute atomic E-state index is 0.0293. The number of carbonyl (C=O) groups is 1. The van der Waals surface area contributed by atoms with Crippen molar-refractivity contribution in [3.63, 3.8) is 0 Å². The lowest BCUT2D eigenvalue weighted by atomic mass is 10.1. The molecule has 0 aliphatic rings. The summed E-state index contributed by atoms with van der Waals surface area (Å²) in [4.78, 5) is 11.2. The Hall–Kier alpha value is -2.84.